The van der Waals surface area contributed by atoms with Gasteiger partial charge in [-0.3, -0.25) is 14.1 Å². The molecule has 1 atom stereocenters. The Kier molecular flexibility index (Phi) is 3.31. The first kappa shape index (κ1) is 12.3. The van der Waals surface area contributed by atoms with Crippen LogP contribution in [0.25, 0.3) is 5.65 Å². The van der Waals surface area contributed by atoms with Gasteiger partial charge in [-0.25, -0.2) is 4.98 Å². The number of hydrogen-bond donors (Lipinski definition) is 1. The van der Waals surface area contributed by atoms with Crippen LogP contribution in [0.4, 0.5) is 0 Å². The molecule has 0 bridgehead atoms. The van der Waals surface area contributed by atoms with E-state index in [9.17, 15) is 4.79 Å². The highest BCUT2D eigenvalue weighted by molar-refractivity contribution is 5.37. The van der Waals surface area contributed by atoms with Gasteiger partial charge < -0.3 is 5.32 Å². The molecule has 2 aromatic rings. The van der Waals surface area contributed by atoms with E-state index in [1.54, 1.807) is 16.7 Å². The second-order valence-corrected chi connectivity index (χ2v) is 5.04. The maximum absolute atomic E-state index is 12.0. The van der Waals surface area contributed by atoms with Crippen LogP contribution in [0.15, 0.2) is 35.3 Å². The highest BCUT2D eigenvalue weighted by Gasteiger charge is 2.18. The first-order valence-electron chi connectivity index (χ1n) is 6.66. The molecule has 1 aliphatic rings. The number of pyridine rings is 1. The minimum Gasteiger partial charge on any atom is -0.314 e. The van der Waals surface area contributed by atoms with E-state index < -0.39 is 0 Å². The van der Waals surface area contributed by atoms with Gasteiger partial charge >= 0.3 is 0 Å². The van der Waals surface area contributed by atoms with Crippen molar-refractivity contribution < 1.29 is 0 Å². The average molecular weight is 258 g/mol. The Hall–Kier alpha value is -1.72. The lowest BCUT2D eigenvalue weighted by molar-refractivity contribution is 0.164. The molecule has 3 heterocycles. The highest BCUT2D eigenvalue weighted by atomic mass is 16.1. The normalized spacial score (nSPS) is 20.8. The van der Waals surface area contributed by atoms with Crippen LogP contribution >= 0.6 is 0 Å². The fourth-order valence-corrected chi connectivity index (χ4v) is 2.51. The van der Waals surface area contributed by atoms with Crippen molar-refractivity contribution in [2.45, 2.75) is 19.5 Å². The third-order valence-corrected chi connectivity index (χ3v) is 3.63. The fraction of sp³-hybridized carbons (Fsp3) is 0.429. The van der Waals surface area contributed by atoms with Crippen LogP contribution in [-0.4, -0.2) is 40.0 Å². The maximum Gasteiger partial charge on any atom is 0.258 e. The average Bonchev–Trinajstić information content (AvgIpc) is 2.42. The van der Waals surface area contributed by atoms with Crippen LogP contribution in [0.5, 0.6) is 0 Å². The molecule has 100 valence electrons. The van der Waals surface area contributed by atoms with E-state index in [2.05, 4.69) is 22.1 Å². The van der Waals surface area contributed by atoms with Gasteiger partial charge in [-0.2, -0.15) is 0 Å². The van der Waals surface area contributed by atoms with Crippen LogP contribution in [-0.2, 0) is 6.54 Å². The molecule has 19 heavy (non-hydrogen) atoms. The summed E-state index contributed by atoms with van der Waals surface area (Å²) in [6.45, 7) is 5.92. The zero-order valence-corrected chi connectivity index (χ0v) is 11.0. The second kappa shape index (κ2) is 5.11. The molecule has 1 N–H and O–H groups in total. The molecule has 0 saturated carbocycles. The molecule has 2 aromatic heterocycles. The lowest BCUT2D eigenvalue weighted by atomic mass is 10.2. The Morgan fingerprint density at radius 3 is 3.21 bits per heavy atom. The Morgan fingerprint density at radius 1 is 1.47 bits per heavy atom. The van der Waals surface area contributed by atoms with Gasteiger partial charge in [-0.1, -0.05) is 6.07 Å². The molecule has 3 rings (SSSR count). The van der Waals surface area contributed by atoms with Crippen molar-refractivity contribution in [3.05, 3.63) is 46.5 Å². The number of hydrogen-bond acceptors (Lipinski definition) is 4. The topological polar surface area (TPSA) is 49.6 Å². The van der Waals surface area contributed by atoms with E-state index in [0.29, 0.717) is 11.7 Å². The standard InChI is InChI=1S/C14H18N4O/c1-11-9-15-5-7-17(11)10-12-8-14(19)18-6-3-2-4-13(18)16-12/h2-4,6,8,11,15H,5,7,9-10H2,1H3/t11-/m0/s1. The van der Waals surface area contributed by atoms with E-state index in [0.717, 1.165) is 31.9 Å². The number of aromatic nitrogens is 2. The molecule has 0 aromatic carbocycles. The van der Waals surface area contributed by atoms with E-state index >= 15 is 0 Å². The third kappa shape index (κ3) is 2.52. The van der Waals surface area contributed by atoms with E-state index in [-0.39, 0.29) is 5.56 Å². The molecule has 1 saturated heterocycles. The van der Waals surface area contributed by atoms with Crippen LogP contribution < -0.4 is 10.9 Å². The summed E-state index contributed by atoms with van der Waals surface area (Å²) in [5, 5.41) is 3.36. The summed E-state index contributed by atoms with van der Waals surface area (Å²) in [7, 11) is 0. The maximum atomic E-state index is 12.0. The zero-order chi connectivity index (χ0) is 13.2. The molecule has 0 amide bonds. The van der Waals surface area contributed by atoms with E-state index in [1.807, 2.05) is 18.2 Å². The summed E-state index contributed by atoms with van der Waals surface area (Å²) >= 11 is 0. The molecule has 5 heteroatoms. The summed E-state index contributed by atoms with van der Waals surface area (Å²) in [5.41, 5.74) is 1.56. The van der Waals surface area contributed by atoms with Gasteiger partial charge in [-0.15, -0.1) is 0 Å². The van der Waals surface area contributed by atoms with Crippen molar-refractivity contribution in [1.29, 1.82) is 0 Å². The Morgan fingerprint density at radius 2 is 2.37 bits per heavy atom. The largest absolute Gasteiger partial charge is 0.314 e. The molecule has 1 fully saturated rings. The van der Waals surface area contributed by atoms with Gasteiger partial charge in [-0.05, 0) is 19.1 Å². The summed E-state index contributed by atoms with van der Waals surface area (Å²) in [4.78, 5) is 18.9. The van der Waals surface area contributed by atoms with Gasteiger partial charge in [0.05, 0.1) is 5.69 Å². The Balaban J connectivity index is 1.91. The van der Waals surface area contributed by atoms with E-state index in [1.165, 1.54) is 0 Å². The van der Waals surface area contributed by atoms with Gasteiger partial charge in [0, 0.05) is 44.5 Å². The van der Waals surface area contributed by atoms with Crippen molar-refractivity contribution in [2.24, 2.45) is 0 Å². The molecular weight excluding hydrogens is 240 g/mol. The zero-order valence-electron chi connectivity index (χ0n) is 11.0. The lowest BCUT2D eigenvalue weighted by Gasteiger charge is -2.33. The van der Waals surface area contributed by atoms with Crippen molar-refractivity contribution in [1.82, 2.24) is 19.6 Å². The molecular formula is C14H18N4O. The van der Waals surface area contributed by atoms with Gasteiger partial charge in [0.1, 0.15) is 5.65 Å². The summed E-state index contributed by atoms with van der Waals surface area (Å²) in [6, 6.07) is 7.73. The molecule has 5 nitrogen and oxygen atoms in total. The fourth-order valence-electron chi connectivity index (χ4n) is 2.51. The lowest BCUT2D eigenvalue weighted by Crippen LogP contribution is -2.49. The molecule has 1 aliphatic heterocycles. The summed E-state index contributed by atoms with van der Waals surface area (Å²) in [6.07, 6.45) is 1.75. The quantitative estimate of drug-likeness (QED) is 0.851. The minimum atomic E-state index is -0.0108. The van der Waals surface area contributed by atoms with Crippen LogP contribution in [0.3, 0.4) is 0 Å². The SMILES string of the molecule is C[C@H]1CNCCN1Cc1cc(=O)n2ccccc2n1. The number of nitrogens with zero attached hydrogens (tertiary/aromatic N) is 3. The van der Waals surface area contributed by atoms with E-state index in [4.69, 9.17) is 0 Å². The molecule has 0 unspecified atom stereocenters. The number of rotatable bonds is 2. The second-order valence-electron chi connectivity index (χ2n) is 5.04. The van der Waals surface area contributed by atoms with Crippen LogP contribution in [0, 0.1) is 0 Å². The molecule has 0 radical (unpaired) electrons. The van der Waals surface area contributed by atoms with Crippen LogP contribution in [0.2, 0.25) is 0 Å². The first-order chi connectivity index (χ1) is 9.24. The van der Waals surface area contributed by atoms with Gasteiger partial charge in [0.2, 0.25) is 0 Å². The van der Waals surface area contributed by atoms with Crippen molar-refractivity contribution in [3.63, 3.8) is 0 Å². The van der Waals surface area contributed by atoms with Gasteiger partial charge in [0.15, 0.2) is 0 Å². The predicted molar refractivity (Wildman–Crippen MR) is 74.2 cm³/mol. The van der Waals surface area contributed by atoms with Crippen molar-refractivity contribution in [2.75, 3.05) is 19.6 Å². The summed E-state index contributed by atoms with van der Waals surface area (Å²) in [5.74, 6) is 0. The number of fused-ring (bicyclic) bond motifs is 1. The number of nitrogens with one attached hydrogen (secondary N) is 1. The highest BCUT2D eigenvalue weighted by Crippen LogP contribution is 2.08. The molecule has 0 aliphatic carbocycles. The Bertz CT molecular complexity index is 637. The minimum absolute atomic E-state index is 0.0108. The smallest absolute Gasteiger partial charge is 0.258 e. The Labute approximate surface area is 111 Å². The predicted octanol–water partition coefficient (Wildman–Crippen LogP) is 0.488. The van der Waals surface area contributed by atoms with Gasteiger partial charge in [0.25, 0.3) is 5.56 Å². The molecule has 0 spiro atoms. The van der Waals surface area contributed by atoms with Crippen molar-refractivity contribution >= 4 is 5.65 Å². The third-order valence-electron chi connectivity index (χ3n) is 3.63. The number of piperazine rings is 1. The first-order valence-corrected chi connectivity index (χ1v) is 6.66. The monoisotopic (exact) mass is 258 g/mol. The van der Waals surface area contributed by atoms with Crippen LogP contribution in [0.1, 0.15) is 12.6 Å². The van der Waals surface area contributed by atoms with Crippen molar-refractivity contribution in [3.8, 4) is 0 Å². The summed E-state index contributed by atoms with van der Waals surface area (Å²) < 4.78 is 1.57.